The third kappa shape index (κ3) is 3.70. The molecule has 0 saturated heterocycles. The number of ketones is 1. The van der Waals surface area contributed by atoms with Gasteiger partial charge in [-0.3, -0.25) is 4.79 Å². The van der Waals surface area contributed by atoms with Crippen LogP contribution in [0.3, 0.4) is 0 Å². The predicted octanol–water partition coefficient (Wildman–Crippen LogP) is 5.79. The van der Waals surface area contributed by atoms with Gasteiger partial charge < -0.3 is 4.98 Å². The zero-order chi connectivity index (χ0) is 17.1. The second-order valence-corrected chi connectivity index (χ2v) is 6.28. The van der Waals surface area contributed by atoms with Gasteiger partial charge in [-0.1, -0.05) is 40.9 Å². The zero-order valence-corrected chi connectivity index (χ0v) is 14.5. The van der Waals surface area contributed by atoms with Gasteiger partial charge in [0, 0.05) is 33.0 Å². The number of rotatable bonds is 4. The van der Waals surface area contributed by atoms with Crippen LogP contribution in [0.1, 0.15) is 21.7 Å². The van der Waals surface area contributed by atoms with E-state index in [1.54, 1.807) is 60.9 Å². The van der Waals surface area contributed by atoms with E-state index >= 15 is 0 Å². The van der Waals surface area contributed by atoms with Crippen molar-refractivity contribution in [2.75, 3.05) is 0 Å². The molecule has 1 heterocycles. The van der Waals surface area contributed by atoms with Crippen LogP contribution in [0.2, 0.25) is 15.1 Å². The Bertz CT molecular complexity index is 901. The van der Waals surface area contributed by atoms with Crippen molar-refractivity contribution in [1.82, 2.24) is 9.97 Å². The summed E-state index contributed by atoms with van der Waals surface area (Å²) in [5.41, 5.74) is 1.58. The van der Waals surface area contributed by atoms with E-state index in [-0.39, 0.29) is 5.78 Å². The molecule has 1 aromatic heterocycles. The Hall–Kier alpha value is -2.07. The maximum atomic E-state index is 12.9. The Kier molecular flexibility index (Phi) is 5.05. The van der Waals surface area contributed by atoms with Crippen molar-refractivity contribution in [3.8, 4) is 0 Å². The first-order valence-electron chi connectivity index (χ1n) is 7.01. The van der Waals surface area contributed by atoms with E-state index in [1.165, 1.54) is 0 Å². The fraction of sp³-hybridized carbons (Fsp3) is 0. The van der Waals surface area contributed by atoms with Gasteiger partial charge in [-0.15, -0.1) is 0 Å². The molecule has 1 N–H and O–H groups in total. The van der Waals surface area contributed by atoms with Crippen molar-refractivity contribution in [2.45, 2.75) is 0 Å². The Balaban J connectivity index is 2.08. The van der Waals surface area contributed by atoms with Crippen LogP contribution in [0.15, 0.2) is 54.9 Å². The highest BCUT2D eigenvalue weighted by Crippen LogP contribution is 2.27. The van der Waals surface area contributed by atoms with Crippen molar-refractivity contribution in [2.24, 2.45) is 0 Å². The van der Waals surface area contributed by atoms with Gasteiger partial charge in [0.1, 0.15) is 5.82 Å². The van der Waals surface area contributed by atoms with Gasteiger partial charge in [0.15, 0.2) is 5.78 Å². The number of carbonyl (C=O) groups excluding carboxylic acids is 1. The van der Waals surface area contributed by atoms with Crippen molar-refractivity contribution in [3.05, 3.63) is 86.9 Å². The number of allylic oxidation sites excluding steroid dienone is 1. The van der Waals surface area contributed by atoms with E-state index in [1.807, 2.05) is 0 Å². The molecule has 2 aromatic carbocycles. The second-order valence-electron chi connectivity index (χ2n) is 5.00. The molecule has 120 valence electrons. The number of Topliss-reactive ketones (excluding diaryl/α,β-unsaturated/α-hetero) is 1. The van der Waals surface area contributed by atoms with Crippen molar-refractivity contribution >= 4 is 52.2 Å². The highest BCUT2D eigenvalue weighted by molar-refractivity contribution is 6.37. The number of nitrogens with one attached hydrogen (secondary N) is 1. The van der Waals surface area contributed by atoms with E-state index in [9.17, 15) is 4.79 Å². The third-order valence-corrected chi connectivity index (χ3v) is 4.18. The summed E-state index contributed by atoms with van der Waals surface area (Å²) in [6.45, 7) is 0. The number of nitrogens with zero attached hydrogens (tertiary/aromatic N) is 1. The first-order valence-corrected chi connectivity index (χ1v) is 8.15. The van der Waals surface area contributed by atoms with Crippen LogP contribution in [-0.4, -0.2) is 15.8 Å². The number of H-pyrrole nitrogens is 1. The summed E-state index contributed by atoms with van der Waals surface area (Å²) in [5, 5.41) is 1.55. The maximum absolute atomic E-state index is 12.9. The highest BCUT2D eigenvalue weighted by atomic mass is 35.5. The number of hydrogen-bond acceptors (Lipinski definition) is 2. The Morgan fingerprint density at radius 3 is 2.33 bits per heavy atom. The molecule has 0 spiro atoms. The number of imidazole rings is 1. The smallest absolute Gasteiger partial charge is 0.196 e. The average Bonchev–Trinajstić information content (AvgIpc) is 3.08. The molecule has 0 unspecified atom stereocenters. The third-order valence-electron chi connectivity index (χ3n) is 3.37. The van der Waals surface area contributed by atoms with Crippen LogP contribution >= 0.6 is 34.8 Å². The number of aromatic nitrogens is 2. The van der Waals surface area contributed by atoms with Gasteiger partial charge in [0.25, 0.3) is 0 Å². The monoisotopic (exact) mass is 376 g/mol. The van der Waals surface area contributed by atoms with Gasteiger partial charge in [0.2, 0.25) is 0 Å². The largest absolute Gasteiger partial charge is 0.345 e. The summed E-state index contributed by atoms with van der Waals surface area (Å²) >= 11 is 18.0. The number of hydrogen-bond donors (Lipinski definition) is 1. The number of carbonyl (C=O) groups is 1. The standard InChI is InChI=1S/C18H11Cl3N2O/c19-13-4-1-11(2-5-13)17(24)15(18-22-7-8-23-18)9-12-3-6-14(20)10-16(12)21/h1-10H,(H,22,23)/b15-9-. The summed E-state index contributed by atoms with van der Waals surface area (Å²) in [6, 6.07) is 11.8. The van der Waals surface area contributed by atoms with Crippen LogP contribution in [0.25, 0.3) is 11.6 Å². The Labute approximate surface area is 153 Å². The number of halogens is 3. The van der Waals surface area contributed by atoms with Gasteiger partial charge in [0.05, 0.1) is 5.57 Å². The molecule has 24 heavy (non-hydrogen) atoms. The molecule has 0 aliphatic rings. The molecule has 0 fully saturated rings. The lowest BCUT2D eigenvalue weighted by Gasteiger charge is -2.06. The van der Waals surface area contributed by atoms with Gasteiger partial charge >= 0.3 is 0 Å². The molecule has 0 atom stereocenters. The summed E-state index contributed by atoms with van der Waals surface area (Å²) in [5.74, 6) is 0.272. The predicted molar refractivity (Wildman–Crippen MR) is 98.7 cm³/mol. The van der Waals surface area contributed by atoms with Crippen LogP contribution in [0, 0.1) is 0 Å². The molecule has 0 amide bonds. The minimum Gasteiger partial charge on any atom is -0.345 e. The first-order chi connectivity index (χ1) is 11.5. The Morgan fingerprint density at radius 2 is 1.71 bits per heavy atom. The molecule has 0 saturated carbocycles. The summed E-state index contributed by atoms with van der Waals surface area (Å²) in [6.07, 6.45) is 4.93. The summed E-state index contributed by atoms with van der Waals surface area (Å²) in [4.78, 5) is 20.0. The molecule has 0 aliphatic carbocycles. The van der Waals surface area contributed by atoms with Crippen molar-refractivity contribution in [1.29, 1.82) is 0 Å². The van der Waals surface area contributed by atoms with E-state index in [0.717, 1.165) is 0 Å². The van der Waals surface area contributed by atoms with Gasteiger partial charge in [-0.2, -0.15) is 0 Å². The fourth-order valence-electron chi connectivity index (χ4n) is 2.18. The second kappa shape index (κ2) is 7.22. The molecule has 3 rings (SSSR count). The van der Waals surface area contributed by atoms with Gasteiger partial charge in [-0.25, -0.2) is 4.98 Å². The van der Waals surface area contributed by atoms with E-state index in [4.69, 9.17) is 34.8 Å². The minimum absolute atomic E-state index is 0.187. The fourth-order valence-corrected chi connectivity index (χ4v) is 2.77. The minimum atomic E-state index is -0.187. The van der Waals surface area contributed by atoms with Crippen LogP contribution in [0.4, 0.5) is 0 Å². The first kappa shape index (κ1) is 16.8. The van der Waals surface area contributed by atoms with E-state index in [2.05, 4.69) is 9.97 Å². The molecular weight excluding hydrogens is 367 g/mol. The topological polar surface area (TPSA) is 45.8 Å². The van der Waals surface area contributed by atoms with E-state index < -0.39 is 0 Å². The molecule has 0 aliphatic heterocycles. The van der Waals surface area contributed by atoms with Crippen molar-refractivity contribution < 1.29 is 4.79 Å². The van der Waals surface area contributed by atoms with Crippen LogP contribution < -0.4 is 0 Å². The zero-order valence-electron chi connectivity index (χ0n) is 12.3. The lowest BCUT2D eigenvalue weighted by molar-refractivity contribution is 0.105. The number of aromatic amines is 1. The molecule has 3 aromatic rings. The Morgan fingerprint density at radius 1 is 1.00 bits per heavy atom. The molecule has 6 heteroatoms. The quantitative estimate of drug-likeness (QED) is 0.462. The van der Waals surface area contributed by atoms with Gasteiger partial charge in [-0.05, 0) is 48.0 Å². The summed E-state index contributed by atoms with van der Waals surface area (Å²) < 4.78 is 0. The van der Waals surface area contributed by atoms with E-state index in [0.29, 0.717) is 37.6 Å². The normalized spacial score (nSPS) is 11.5. The maximum Gasteiger partial charge on any atom is 0.196 e. The molecule has 3 nitrogen and oxygen atoms in total. The molecule has 0 radical (unpaired) electrons. The summed E-state index contributed by atoms with van der Waals surface area (Å²) in [7, 11) is 0. The molecular formula is C18H11Cl3N2O. The van der Waals surface area contributed by atoms with Crippen molar-refractivity contribution in [3.63, 3.8) is 0 Å². The van der Waals surface area contributed by atoms with Crippen LogP contribution in [0.5, 0.6) is 0 Å². The number of benzene rings is 2. The lowest BCUT2D eigenvalue weighted by Crippen LogP contribution is -2.04. The molecule has 0 bridgehead atoms. The van der Waals surface area contributed by atoms with Crippen LogP contribution in [-0.2, 0) is 0 Å². The highest BCUT2D eigenvalue weighted by Gasteiger charge is 2.17. The lowest BCUT2D eigenvalue weighted by atomic mass is 10.0. The SMILES string of the molecule is O=C(/C(=C/c1ccc(Cl)cc1Cl)c1ncc[nH]1)c1ccc(Cl)cc1. The average molecular weight is 378 g/mol.